The minimum atomic E-state index is -0.444. The number of aryl methyl sites for hydroxylation is 1. The average molecular weight is 280 g/mol. The van der Waals surface area contributed by atoms with Crippen molar-refractivity contribution in [3.63, 3.8) is 0 Å². The molecule has 0 amide bonds. The van der Waals surface area contributed by atoms with Gasteiger partial charge in [-0.15, -0.1) is 22.9 Å². The molecule has 3 nitrogen and oxygen atoms in total. The van der Waals surface area contributed by atoms with E-state index in [4.69, 9.17) is 16.0 Å². The van der Waals surface area contributed by atoms with E-state index in [-0.39, 0.29) is 5.38 Å². The molecular formula is C13H10ClNO2S. The van der Waals surface area contributed by atoms with Crippen LogP contribution in [0.15, 0.2) is 38.9 Å². The molecular weight excluding hydrogens is 270 g/mol. The Labute approximate surface area is 112 Å². The fourth-order valence-corrected chi connectivity index (χ4v) is 3.31. The molecule has 0 saturated heterocycles. The van der Waals surface area contributed by atoms with Gasteiger partial charge in [-0.25, -0.2) is 4.79 Å². The van der Waals surface area contributed by atoms with E-state index in [1.54, 1.807) is 11.3 Å². The first-order chi connectivity index (χ1) is 8.65. The average Bonchev–Trinajstić information content (AvgIpc) is 2.91. The van der Waals surface area contributed by atoms with Crippen LogP contribution in [0.1, 0.15) is 21.4 Å². The molecule has 0 aliphatic rings. The van der Waals surface area contributed by atoms with E-state index < -0.39 is 5.76 Å². The summed E-state index contributed by atoms with van der Waals surface area (Å²) in [4.78, 5) is 14.8. The molecule has 1 atom stereocenters. The van der Waals surface area contributed by atoms with Crippen LogP contribution >= 0.6 is 22.9 Å². The van der Waals surface area contributed by atoms with Gasteiger partial charge in [0, 0.05) is 4.88 Å². The minimum absolute atomic E-state index is 0.213. The Morgan fingerprint density at radius 2 is 2.22 bits per heavy atom. The largest absolute Gasteiger partial charge is 0.417 e. The highest BCUT2D eigenvalue weighted by Gasteiger charge is 2.15. The number of benzene rings is 1. The Morgan fingerprint density at radius 1 is 1.39 bits per heavy atom. The number of rotatable bonds is 2. The van der Waals surface area contributed by atoms with Gasteiger partial charge in [-0.3, -0.25) is 4.98 Å². The number of alkyl halides is 1. The van der Waals surface area contributed by atoms with Gasteiger partial charge in [0.2, 0.25) is 0 Å². The first-order valence-electron chi connectivity index (χ1n) is 5.46. The van der Waals surface area contributed by atoms with Gasteiger partial charge in [-0.05, 0) is 41.6 Å². The fourth-order valence-electron chi connectivity index (χ4n) is 1.92. The lowest BCUT2D eigenvalue weighted by molar-refractivity contribution is 0.555. The molecule has 18 heavy (non-hydrogen) atoms. The van der Waals surface area contributed by atoms with E-state index >= 15 is 0 Å². The molecule has 0 spiro atoms. The highest BCUT2D eigenvalue weighted by Crippen LogP contribution is 2.35. The Bertz CT molecular complexity index is 756. The van der Waals surface area contributed by atoms with Crippen molar-refractivity contribution in [2.24, 2.45) is 0 Å². The third-order valence-corrected chi connectivity index (χ3v) is 4.55. The van der Waals surface area contributed by atoms with E-state index in [2.05, 4.69) is 4.98 Å². The monoisotopic (exact) mass is 279 g/mol. The first-order valence-corrected chi connectivity index (χ1v) is 6.77. The topological polar surface area (TPSA) is 46.0 Å². The summed E-state index contributed by atoms with van der Waals surface area (Å²) in [7, 11) is 0. The lowest BCUT2D eigenvalue weighted by Gasteiger charge is -2.08. The van der Waals surface area contributed by atoms with Crippen LogP contribution in [0.5, 0.6) is 0 Å². The number of nitrogens with one attached hydrogen (secondary N) is 1. The molecule has 0 aliphatic carbocycles. The molecule has 2 heterocycles. The molecule has 2 aromatic heterocycles. The Balaban J connectivity index is 2.09. The van der Waals surface area contributed by atoms with Crippen molar-refractivity contribution in [1.29, 1.82) is 0 Å². The van der Waals surface area contributed by atoms with Gasteiger partial charge in [-0.1, -0.05) is 6.07 Å². The summed E-state index contributed by atoms with van der Waals surface area (Å²) in [5.41, 5.74) is 3.33. The second-order valence-electron chi connectivity index (χ2n) is 4.10. The van der Waals surface area contributed by atoms with Crippen molar-refractivity contribution in [3.05, 3.63) is 56.2 Å². The predicted molar refractivity (Wildman–Crippen MR) is 73.6 cm³/mol. The van der Waals surface area contributed by atoms with Gasteiger partial charge in [-0.2, -0.15) is 0 Å². The molecule has 92 valence electrons. The molecule has 0 saturated carbocycles. The zero-order valence-corrected chi connectivity index (χ0v) is 11.1. The van der Waals surface area contributed by atoms with E-state index in [0.29, 0.717) is 11.1 Å². The number of aromatic nitrogens is 1. The lowest BCUT2D eigenvalue weighted by Crippen LogP contribution is -1.92. The number of hydrogen-bond acceptors (Lipinski definition) is 3. The number of H-pyrrole nitrogens is 1. The van der Waals surface area contributed by atoms with Crippen LogP contribution in [0.25, 0.3) is 11.1 Å². The van der Waals surface area contributed by atoms with Crippen LogP contribution in [0, 0.1) is 6.92 Å². The molecule has 1 aromatic carbocycles. The van der Waals surface area contributed by atoms with Crippen molar-refractivity contribution in [3.8, 4) is 0 Å². The molecule has 3 aromatic rings. The normalized spacial score (nSPS) is 13.0. The molecule has 0 radical (unpaired) electrons. The molecule has 1 unspecified atom stereocenters. The standard InChI is InChI=1S/C13H10ClNO2S/c1-7-4-5-18-12(7)11(14)8-2-3-9-10(6-8)17-13(16)15-9/h2-6,11H,1H3,(H,15,16). The third-order valence-electron chi connectivity index (χ3n) is 2.87. The minimum Gasteiger partial charge on any atom is -0.408 e. The number of halogens is 1. The van der Waals surface area contributed by atoms with Gasteiger partial charge in [0.05, 0.1) is 10.9 Å². The molecule has 0 fully saturated rings. The Kier molecular flexibility index (Phi) is 2.76. The number of oxazole rings is 1. The van der Waals surface area contributed by atoms with E-state index in [0.717, 1.165) is 10.4 Å². The molecule has 0 aliphatic heterocycles. The van der Waals surface area contributed by atoms with Crippen LogP contribution in [0.4, 0.5) is 0 Å². The first kappa shape index (κ1) is 11.6. The zero-order valence-electron chi connectivity index (χ0n) is 9.57. The molecule has 0 bridgehead atoms. The number of hydrogen-bond donors (Lipinski definition) is 1. The smallest absolute Gasteiger partial charge is 0.408 e. The van der Waals surface area contributed by atoms with Crippen LogP contribution in [-0.2, 0) is 0 Å². The summed E-state index contributed by atoms with van der Waals surface area (Å²) in [6.07, 6.45) is 0. The fraction of sp³-hybridized carbons (Fsp3) is 0.154. The summed E-state index contributed by atoms with van der Waals surface area (Å²) in [5.74, 6) is -0.444. The second-order valence-corrected chi connectivity index (χ2v) is 5.48. The van der Waals surface area contributed by atoms with Crippen molar-refractivity contribution >= 4 is 34.0 Å². The van der Waals surface area contributed by atoms with Crippen molar-refractivity contribution in [2.75, 3.05) is 0 Å². The third kappa shape index (κ3) is 1.87. The summed E-state index contributed by atoms with van der Waals surface area (Å²) >= 11 is 8.10. The van der Waals surface area contributed by atoms with Gasteiger partial charge in [0.25, 0.3) is 0 Å². The summed E-state index contributed by atoms with van der Waals surface area (Å²) < 4.78 is 5.04. The van der Waals surface area contributed by atoms with Crippen LogP contribution in [0.3, 0.4) is 0 Å². The SMILES string of the molecule is Cc1ccsc1C(Cl)c1ccc2[nH]c(=O)oc2c1. The van der Waals surface area contributed by atoms with Crippen molar-refractivity contribution in [2.45, 2.75) is 12.3 Å². The maximum absolute atomic E-state index is 11.1. The summed E-state index contributed by atoms with van der Waals surface area (Å²) in [6.45, 7) is 2.04. The predicted octanol–water partition coefficient (Wildman–Crippen LogP) is 3.82. The summed E-state index contributed by atoms with van der Waals surface area (Å²) in [6, 6.07) is 7.58. The van der Waals surface area contributed by atoms with E-state index in [1.807, 2.05) is 36.6 Å². The molecule has 1 N–H and O–H groups in total. The second kappa shape index (κ2) is 4.30. The maximum Gasteiger partial charge on any atom is 0.417 e. The van der Waals surface area contributed by atoms with Gasteiger partial charge in [0.1, 0.15) is 0 Å². The maximum atomic E-state index is 11.1. The summed E-state index contributed by atoms with van der Waals surface area (Å²) in [5, 5.41) is 1.81. The van der Waals surface area contributed by atoms with Gasteiger partial charge in [0.15, 0.2) is 5.58 Å². The van der Waals surface area contributed by atoms with E-state index in [1.165, 1.54) is 5.56 Å². The number of fused-ring (bicyclic) bond motifs is 1. The lowest BCUT2D eigenvalue weighted by atomic mass is 10.1. The van der Waals surface area contributed by atoms with Crippen LogP contribution in [-0.4, -0.2) is 4.98 Å². The van der Waals surface area contributed by atoms with Crippen molar-refractivity contribution in [1.82, 2.24) is 4.98 Å². The zero-order chi connectivity index (χ0) is 12.7. The molecule has 5 heteroatoms. The van der Waals surface area contributed by atoms with E-state index in [9.17, 15) is 4.79 Å². The highest BCUT2D eigenvalue weighted by atomic mass is 35.5. The van der Waals surface area contributed by atoms with Gasteiger partial charge >= 0.3 is 5.76 Å². The van der Waals surface area contributed by atoms with Crippen LogP contribution in [0.2, 0.25) is 0 Å². The molecule has 3 rings (SSSR count). The number of thiophene rings is 1. The Morgan fingerprint density at radius 3 is 2.94 bits per heavy atom. The van der Waals surface area contributed by atoms with Crippen molar-refractivity contribution < 1.29 is 4.42 Å². The quantitative estimate of drug-likeness (QED) is 0.725. The Hall–Kier alpha value is -1.52. The van der Waals surface area contributed by atoms with Gasteiger partial charge < -0.3 is 4.42 Å². The van der Waals surface area contributed by atoms with Crippen LogP contribution < -0.4 is 5.76 Å². The highest BCUT2D eigenvalue weighted by molar-refractivity contribution is 7.10. The number of aromatic amines is 1.